The van der Waals surface area contributed by atoms with Gasteiger partial charge in [-0.25, -0.2) is 4.39 Å². The molecule has 0 atom stereocenters. The van der Waals surface area contributed by atoms with Gasteiger partial charge in [-0.1, -0.05) is 0 Å². The van der Waals surface area contributed by atoms with E-state index in [-0.39, 0.29) is 6.54 Å². The van der Waals surface area contributed by atoms with Gasteiger partial charge in [0.15, 0.2) is 0 Å². The number of nitrogens with zero attached hydrogens (tertiary/aromatic N) is 2. The first-order chi connectivity index (χ1) is 6.06. The standard InChI is InChI=1S/C8H11FN2O2/c1-5-6(2)11(4-8(12)13)10-7(5)3-9/h3-4H2,1-2H3,(H,12,13). The summed E-state index contributed by atoms with van der Waals surface area (Å²) >= 11 is 0. The van der Waals surface area contributed by atoms with E-state index in [0.29, 0.717) is 11.4 Å². The Morgan fingerprint density at radius 1 is 1.62 bits per heavy atom. The minimum atomic E-state index is -0.976. The molecule has 0 radical (unpaired) electrons. The van der Waals surface area contributed by atoms with E-state index in [2.05, 4.69) is 5.10 Å². The van der Waals surface area contributed by atoms with Gasteiger partial charge < -0.3 is 5.11 Å². The monoisotopic (exact) mass is 186 g/mol. The molecule has 1 rings (SSSR count). The van der Waals surface area contributed by atoms with Gasteiger partial charge in [-0.3, -0.25) is 9.48 Å². The molecule has 1 aromatic rings. The van der Waals surface area contributed by atoms with Crippen LogP contribution in [0.2, 0.25) is 0 Å². The van der Waals surface area contributed by atoms with Crippen molar-refractivity contribution in [3.05, 3.63) is 17.0 Å². The molecule has 0 amide bonds. The molecule has 0 aliphatic heterocycles. The molecule has 5 heteroatoms. The second-order valence-corrected chi connectivity index (χ2v) is 2.84. The highest BCUT2D eigenvalue weighted by atomic mass is 19.1. The summed E-state index contributed by atoms with van der Waals surface area (Å²) in [5.74, 6) is -0.976. The van der Waals surface area contributed by atoms with Gasteiger partial charge in [-0.05, 0) is 19.4 Å². The third-order valence-corrected chi connectivity index (χ3v) is 2.02. The summed E-state index contributed by atoms with van der Waals surface area (Å²) in [5, 5.41) is 12.3. The van der Waals surface area contributed by atoms with Crippen molar-refractivity contribution in [3.63, 3.8) is 0 Å². The van der Waals surface area contributed by atoms with E-state index in [4.69, 9.17) is 5.11 Å². The molecule has 4 nitrogen and oxygen atoms in total. The Bertz CT molecular complexity index is 333. The second-order valence-electron chi connectivity index (χ2n) is 2.84. The van der Waals surface area contributed by atoms with Crippen LogP contribution in [0, 0.1) is 13.8 Å². The van der Waals surface area contributed by atoms with Gasteiger partial charge in [-0.15, -0.1) is 0 Å². The minimum absolute atomic E-state index is 0.216. The van der Waals surface area contributed by atoms with E-state index in [0.717, 1.165) is 5.56 Å². The average molecular weight is 186 g/mol. The van der Waals surface area contributed by atoms with Gasteiger partial charge in [0.05, 0.1) is 5.69 Å². The zero-order chi connectivity index (χ0) is 10.0. The van der Waals surface area contributed by atoms with Gasteiger partial charge >= 0.3 is 5.97 Å². The number of hydrogen-bond acceptors (Lipinski definition) is 2. The minimum Gasteiger partial charge on any atom is -0.480 e. The Labute approximate surface area is 75.0 Å². The summed E-state index contributed by atoms with van der Waals surface area (Å²) in [6.07, 6.45) is 0. The van der Waals surface area contributed by atoms with Gasteiger partial charge in [0.1, 0.15) is 13.2 Å². The maximum absolute atomic E-state index is 12.3. The van der Waals surface area contributed by atoms with Crippen molar-refractivity contribution in [2.24, 2.45) is 0 Å². The zero-order valence-corrected chi connectivity index (χ0v) is 7.54. The summed E-state index contributed by atoms with van der Waals surface area (Å²) in [4.78, 5) is 10.4. The molecule has 1 aromatic heterocycles. The fourth-order valence-electron chi connectivity index (χ4n) is 1.11. The van der Waals surface area contributed by atoms with Crippen LogP contribution in [0.25, 0.3) is 0 Å². The van der Waals surface area contributed by atoms with Crippen LogP contribution in [-0.4, -0.2) is 20.9 Å². The summed E-state index contributed by atoms with van der Waals surface area (Å²) < 4.78 is 13.6. The lowest BCUT2D eigenvalue weighted by atomic mass is 10.2. The summed E-state index contributed by atoms with van der Waals surface area (Å²) in [6.45, 7) is 2.59. The van der Waals surface area contributed by atoms with Gasteiger partial charge in [0, 0.05) is 5.69 Å². The van der Waals surface area contributed by atoms with Gasteiger partial charge in [-0.2, -0.15) is 5.10 Å². The summed E-state index contributed by atoms with van der Waals surface area (Å²) in [6, 6.07) is 0. The molecule has 0 saturated carbocycles. The number of aromatic nitrogens is 2. The van der Waals surface area contributed by atoms with E-state index in [1.807, 2.05) is 0 Å². The first-order valence-corrected chi connectivity index (χ1v) is 3.87. The summed E-state index contributed by atoms with van der Waals surface area (Å²) in [5.41, 5.74) is 1.75. The molecular formula is C8H11FN2O2. The maximum Gasteiger partial charge on any atom is 0.325 e. The Morgan fingerprint density at radius 3 is 2.62 bits per heavy atom. The molecule has 0 aliphatic rings. The molecular weight excluding hydrogens is 175 g/mol. The lowest BCUT2D eigenvalue weighted by molar-refractivity contribution is -0.137. The van der Waals surface area contributed by atoms with Crippen LogP contribution in [0.15, 0.2) is 0 Å². The van der Waals surface area contributed by atoms with E-state index in [1.54, 1.807) is 13.8 Å². The predicted octanol–water partition coefficient (Wildman–Crippen LogP) is 1.05. The molecule has 0 aromatic carbocycles. The van der Waals surface area contributed by atoms with Crippen molar-refractivity contribution in [3.8, 4) is 0 Å². The number of carbonyl (C=O) groups is 1. The van der Waals surface area contributed by atoms with Crippen molar-refractivity contribution in [1.82, 2.24) is 9.78 Å². The molecule has 13 heavy (non-hydrogen) atoms. The Hall–Kier alpha value is -1.39. The maximum atomic E-state index is 12.3. The Morgan fingerprint density at radius 2 is 2.23 bits per heavy atom. The van der Waals surface area contributed by atoms with Gasteiger partial charge in [0.25, 0.3) is 0 Å². The van der Waals surface area contributed by atoms with Crippen LogP contribution in [-0.2, 0) is 18.0 Å². The smallest absolute Gasteiger partial charge is 0.325 e. The highest BCUT2D eigenvalue weighted by Crippen LogP contribution is 2.12. The molecule has 0 bridgehead atoms. The van der Waals surface area contributed by atoms with Crippen molar-refractivity contribution in [2.75, 3.05) is 0 Å². The number of aliphatic carboxylic acids is 1. The molecule has 0 spiro atoms. The summed E-state index contributed by atoms with van der Waals surface area (Å²) in [7, 11) is 0. The van der Waals surface area contributed by atoms with E-state index >= 15 is 0 Å². The number of carboxylic acid groups (broad SMARTS) is 1. The SMILES string of the molecule is Cc1c(CF)nn(CC(=O)O)c1C. The molecule has 1 N–H and O–H groups in total. The largest absolute Gasteiger partial charge is 0.480 e. The zero-order valence-electron chi connectivity index (χ0n) is 7.54. The van der Waals surface area contributed by atoms with Crippen molar-refractivity contribution in [2.45, 2.75) is 27.1 Å². The van der Waals surface area contributed by atoms with Crippen LogP contribution in [0.5, 0.6) is 0 Å². The Balaban J connectivity index is 3.02. The number of hydrogen-bond donors (Lipinski definition) is 1. The normalized spacial score (nSPS) is 10.4. The third-order valence-electron chi connectivity index (χ3n) is 2.02. The van der Waals surface area contributed by atoms with Crippen LogP contribution in [0.1, 0.15) is 17.0 Å². The molecule has 0 saturated heterocycles. The third kappa shape index (κ3) is 1.85. The fourth-order valence-corrected chi connectivity index (χ4v) is 1.11. The quantitative estimate of drug-likeness (QED) is 0.767. The highest BCUT2D eigenvalue weighted by molar-refractivity contribution is 5.66. The molecule has 0 aliphatic carbocycles. The van der Waals surface area contributed by atoms with Gasteiger partial charge in [0.2, 0.25) is 0 Å². The number of rotatable bonds is 3. The van der Waals surface area contributed by atoms with E-state index < -0.39 is 12.6 Å². The van der Waals surface area contributed by atoms with E-state index in [1.165, 1.54) is 4.68 Å². The van der Waals surface area contributed by atoms with Crippen molar-refractivity contribution >= 4 is 5.97 Å². The predicted molar refractivity (Wildman–Crippen MR) is 44.1 cm³/mol. The topological polar surface area (TPSA) is 55.1 Å². The highest BCUT2D eigenvalue weighted by Gasteiger charge is 2.11. The number of carboxylic acids is 1. The van der Waals surface area contributed by atoms with Crippen molar-refractivity contribution in [1.29, 1.82) is 0 Å². The second kappa shape index (κ2) is 3.55. The molecule has 72 valence electrons. The molecule has 0 fully saturated rings. The lowest BCUT2D eigenvalue weighted by Gasteiger charge is -1.98. The van der Waals surface area contributed by atoms with E-state index in [9.17, 15) is 9.18 Å². The van der Waals surface area contributed by atoms with Crippen LogP contribution in [0.4, 0.5) is 4.39 Å². The lowest BCUT2D eigenvalue weighted by Crippen LogP contribution is -2.11. The van der Waals surface area contributed by atoms with Crippen LogP contribution in [0.3, 0.4) is 0 Å². The van der Waals surface area contributed by atoms with Crippen molar-refractivity contribution < 1.29 is 14.3 Å². The first-order valence-electron chi connectivity index (χ1n) is 3.87. The average Bonchev–Trinajstić information content (AvgIpc) is 2.32. The molecule has 1 heterocycles. The first kappa shape index (κ1) is 9.70. The molecule has 0 unspecified atom stereocenters. The number of alkyl halides is 1. The van der Waals surface area contributed by atoms with Crippen LogP contribution >= 0.6 is 0 Å². The fraction of sp³-hybridized carbons (Fsp3) is 0.500. The Kier molecular flexibility index (Phi) is 2.65. The number of halogens is 1. The van der Waals surface area contributed by atoms with Crippen LogP contribution < -0.4 is 0 Å².